The quantitative estimate of drug-likeness (QED) is 0.133. The lowest BCUT2D eigenvalue weighted by molar-refractivity contribution is -0.275. The molecule has 12 heteroatoms. The fourth-order valence-corrected chi connectivity index (χ4v) is 4.63. The maximum Gasteiger partial charge on any atom is 0.573 e. The Morgan fingerprint density at radius 1 is 1.15 bits per heavy atom. The molecule has 39 heavy (non-hydrogen) atoms. The number of nitrogens with one attached hydrogen (secondary N) is 1. The molecule has 1 aromatic heterocycles. The molecule has 0 spiro atoms. The van der Waals surface area contributed by atoms with E-state index in [9.17, 15) is 27.2 Å². The molecule has 0 aliphatic rings. The normalized spacial score (nSPS) is 13.1. The zero-order valence-corrected chi connectivity index (χ0v) is 23.4. The van der Waals surface area contributed by atoms with E-state index in [4.69, 9.17) is 16.3 Å². The number of fused-ring (bicyclic) bond motifs is 1. The third kappa shape index (κ3) is 8.53. The minimum Gasteiger partial charge on any atom is -0.431 e. The highest BCUT2D eigenvalue weighted by Gasteiger charge is 2.33. The van der Waals surface area contributed by atoms with Gasteiger partial charge in [0.05, 0.1) is 11.1 Å². The van der Waals surface area contributed by atoms with E-state index in [1.807, 2.05) is 0 Å². The molecular formula is C27H26BrClF4N2O4. The van der Waals surface area contributed by atoms with Crippen molar-refractivity contribution in [1.82, 2.24) is 10.3 Å². The van der Waals surface area contributed by atoms with Crippen LogP contribution in [-0.4, -0.2) is 36.1 Å². The topological polar surface area (TPSA) is 77.5 Å². The van der Waals surface area contributed by atoms with E-state index in [1.165, 1.54) is 18.2 Å². The van der Waals surface area contributed by atoms with Crippen LogP contribution in [0.25, 0.3) is 10.9 Å². The summed E-state index contributed by atoms with van der Waals surface area (Å²) in [5.74, 6) is -2.65. The molecule has 1 N–H and O–H groups in total. The Hall–Kier alpha value is -2.92. The first-order valence-electron chi connectivity index (χ1n) is 12.1. The van der Waals surface area contributed by atoms with Crippen molar-refractivity contribution in [3.63, 3.8) is 0 Å². The molecule has 2 aromatic carbocycles. The number of esters is 1. The highest BCUT2D eigenvalue weighted by Crippen LogP contribution is 2.34. The maximum atomic E-state index is 13.8. The Kier molecular flexibility index (Phi) is 10.5. The molecule has 3 aromatic rings. The number of carbonyl (C=O) groups excluding carboxylic acids is 2. The predicted molar refractivity (Wildman–Crippen MR) is 143 cm³/mol. The molecule has 0 saturated heterocycles. The van der Waals surface area contributed by atoms with Gasteiger partial charge in [-0.1, -0.05) is 52.7 Å². The summed E-state index contributed by atoms with van der Waals surface area (Å²) >= 11 is 9.63. The van der Waals surface area contributed by atoms with Crippen molar-refractivity contribution in [2.75, 3.05) is 6.54 Å². The van der Waals surface area contributed by atoms with E-state index >= 15 is 0 Å². The lowest BCUT2D eigenvalue weighted by atomic mass is 9.93. The SMILES string of the molecule is CCCC(F)OC(=O)CCC(CNC(=O)c1c(C)c(Cl)nc2ccc(Br)cc12)c1ccccc1OC(F)(F)F. The van der Waals surface area contributed by atoms with Crippen molar-refractivity contribution >= 4 is 50.3 Å². The number of alkyl halides is 4. The van der Waals surface area contributed by atoms with E-state index in [0.717, 1.165) is 6.07 Å². The Morgan fingerprint density at radius 2 is 1.87 bits per heavy atom. The van der Waals surface area contributed by atoms with Crippen LogP contribution in [0.1, 0.15) is 60.0 Å². The van der Waals surface area contributed by atoms with Gasteiger partial charge in [-0.15, -0.1) is 13.2 Å². The second-order valence-electron chi connectivity index (χ2n) is 8.78. The molecule has 0 aliphatic heterocycles. The van der Waals surface area contributed by atoms with Gasteiger partial charge in [-0.2, -0.15) is 0 Å². The van der Waals surface area contributed by atoms with Crippen molar-refractivity contribution in [3.8, 4) is 5.75 Å². The van der Waals surface area contributed by atoms with Gasteiger partial charge < -0.3 is 14.8 Å². The molecule has 0 radical (unpaired) electrons. The van der Waals surface area contributed by atoms with Crippen LogP contribution in [0.2, 0.25) is 5.15 Å². The van der Waals surface area contributed by atoms with Crippen LogP contribution < -0.4 is 10.1 Å². The van der Waals surface area contributed by atoms with Crippen LogP contribution in [-0.2, 0) is 9.53 Å². The average Bonchev–Trinajstić information content (AvgIpc) is 2.85. The fourth-order valence-electron chi connectivity index (χ4n) is 4.08. The van der Waals surface area contributed by atoms with E-state index in [-0.39, 0.29) is 42.1 Å². The Balaban J connectivity index is 1.89. The molecule has 0 bridgehead atoms. The van der Waals surface area contributed by atoms with Gasteiger partial charge in [0.25, 0.3) is 5.91 Å². The Bertz CT molecular complexity index is 1340. The van der Waals surface area contributed by atoms with Crippen LogP contribution in [0.4, 0.5) is 17.6 Å². The van der Waals surface area contributed by atoms with Crippen molar-refractivity contribution in [3.05, 3.63) is 68.8 Å². The number of rotatable bonds is 11. The third-order valence-corrected chi connectivity index (χ3v) is 6.78. The van der Waals surface area contributed by atoms with Gasteiger partial charge in [-0.3, -0.25) is 9.59 Å². The molecule has 0 aliphatic carbocycles. The molecule has 2 unspecified atom stereocenters. The molecule has 0 fully saturated rings. The molecule has 0 saturated carbocycles. The number of nitrogens with zero attached hydrogens (tertiary/aromatic N) is 1. The van der Waals surface area contributed by atoms with Gasteiger partial charge in [0.1, 0.15) is 10.9 Å². The zero-order valence-electron chi connectivity index (χ0n) is 21.1. The first-order chi connectivity index (χ1) is 18.4. The summed E-state index contributed by atoms with van der Waals surface area (Å²) in [6.07, 6.45) is -6.56. The van der Waals surface area contributed by atoms with Gasteiger partial charge in [0.15, 0.2) is 0 Å². The van der Waals surface area contributed by atoms with Crippen molar-refractivity contribution < 1.29 is 36.6 Å². The summed E-state index contributed by atoms with van der Waals surface area (Å²) in [6.45, 7) is 3.21. The minimum atomic E-state index is -4.96. The van der Waals surface area contributed by atoms with Gasteiger partial charge >= 0.3 is 12.3 Å². The monoisotopic (exact) mass is 632 g/mol. The highest BCUT2D eigenvalue weighted by molar-refractivity contribution is 9.10. The summed E-state index contributed by atoms with van der Waals surface area (Å²) in [5.41, 5.74) is 1.27. The first kappa shape index (κ1) is 30.6. The molecule has 1 heterocycles. The lowest BCUT2D eigenvalue weighted by Crippen LogP contribution is -2.30. The fraction of sp³-hybridized carbons (Fsp3) is 0.370. The zero-order chi connectivity index (χ0) is 28.7. The molecule has 3 rings (SSSR count). The summed E-state index contributed by atoms with van der Waals surface area (Å²) in [7, 11) is 0. The van der Waals surface area contributed by atoms with Crippen LogP contribution in [0, 0.1) is 6.92 Å². The molecule has 2 atom stereocenters. The van der Waals surface area contributed by atoms with Crippen molar-refractivity contribution in [2.24, 2.45) is 0 Å². The average molecular weight is 634 g/mol. The number of hydrogen-bond donors (Lipinski definition) is 1. The van der Waals surface area contributed by atoms with Crippen LogP contribution in [0.3, 0.4) is 0 Å². The summed E-state index contributed by atoms with van der Waals surface area (Å²) in [4.78, 5) is 29.9. The van der Waals surface area contributed by atoms with Crippen molar-refractivity contribution in [1.29, 1.82) is 0 Å². The van der Waals surface area contributed by atoms with Crippen LogP contribution >= 0.6 is 27.5 Å². The predicted octanol–water partition coefficient (Wildman–Crippen LogP) is 7.79. The van der Waals surface area contributed by atoms with Crippen LogP contribution in [0.15, 0.2) is 46.9 Å². The van der Waals surface area contributed by atoms with E-state index in [0.29, 0.717) is 27.4 Å². The van der Waals surface area contributed by atoms with Gasteiger partial charge in [0, 0.05) is 35.2 Å². The van der Waals surface area contributed by atoms with Crippen LogP contribution in [0.5, 0.6) is 5.75 Å². The second-order valence-corrected chi connectivity index (χ2v) is 10.1. The molecular weight excluding hydrogens is 608 g/mol. The smallest absolute Gasteiger partial charge is 0.431 e. The molecule has 1 amide bonds. The second kappa shape index (κ2) is 13.4. The van der Waals surface area contributed by atoms with E-state index < -0.39 is 36.3 Å². The Morgan fingerprint density at radius 3 is 2.56 bits per heavy atom. The number of pyridine rings is 1. The number of aromatic nitrogens is 1. The van der Waals surface area contributed by atoms with Gasteiger partial charge in [0.2, 0.25) is 6.36 Å². The van der Waals surface area contributed by atoms with E-state index in [2.05, 4.69) is 31.0 Å². The maximum absolute atomic E-state index is 13.8. The molecule has 6 nitrogen and oxygen atoms in total. The number of amides is 1. The summed E-state index contributed by atoms with van der Waals surface area (Å²) in [6, 6.07) is 10.6. The van der Waals surface area contributed by atoms with Gasteiger partial charge in [-0.05, 0) is 55.2 Å². The standard InChI is InChI=1S/C27H26BrClF4N2O4/c1-3-6-22(30)38-23(36)12-9-16(18-7-4-5-8-21(18)39-27(31,32)33)14-34-26(37)24-15(2)25(29)35-20-11-10-17(28)13-19(20)24/h4-5,7-8,10-11,13,16,22H,3,6,9,12,14H2,1-2H3,(H,34,37). The number of ether oxygens (including phenoxy) is 2. The number of benzene rings is 2. The third-order valence-electron chi connectivity index (χ3n) is 5.92. The lowest BCUT2D eigenvalue weighted by Gasteiger charge is -2.22. The Labute approximate surface area is 236 Å². The first-order valence-corrected chi connectivity index (χ1v) is 13.3. The van der Waals surface area contributed by atoms with Gasteiger partial charge in [-0.25, -0.2) is 9.37 Å². The minimum absolute atomic E-state index is 0.0331. The van der Waals surface area contributed by atoms with Crippen molar-refractivity contribution in [2.45, 2.75) is 58.2 Å². The number of hydrogen-bond acceptors (Lipinski definition) is 5. The molecule has 210 valence electrons. The summed E-state index contributed by atoms with van der Waals surface area (Å²) < 4.78 is 62.6. The number of halogens is 6. The summed E-state index contributed by atoms with van der Waals surface area (Å²) in [5, 5.41) is 3.40. The van der Waals surface area contributed by atoms with E-state index in [1.54, 1.807) is 32.0 Å². The highest BCUT2D eigenvalue weighted by atomic mass is 79.9. The largest absolute Gasteiger partial charge is 0.573 e. The number of carbonyl (C=O) groups is 2. The number of para-hydroxylation sites is 1.